The highest BCUT2D eigenvalue weighted by Gasteiger charge is 2.43. The highest BCUT2D eigenvalue weighted by molar-refractivity contribution is 6.32. The van der Waals surface area contributed by atoms with Crippen LogP contribution in [0.4, 0.5) is 13.2 Å². The second kappa shape index (κ2) is 12.1. The van der Waals surface area contributed by atoms with Gasteiger partial charge in [0.2, 0.25) is 0 Å². The lowest BCUT2D eigenvalue weighted by Gasteiger charge is -2.30. The summed E-state index contributed by atoms with van der Waals surface area (Å²) in [7, 11) is 0. The van der Waals surface area contributed by atoms with Crippen molar-refractivity contribution in [1.82, 2.24) is 10.2 Å². The molecular formula is C30H30ClF3N2O4. The summed E-state index contributed by atoms with van der Waals surface area (Å²) >= 11 is 6.37. The molecule has 1 amide bonds. The van der Waals surface area contributed by atoms with Crippen molar-refractivity contribution in [2.45, 2.75) is 49.9 Å². The molecule has 2 N–H and O–H groups in total. The SMILES string of the molecule is O=C(N[C@H](CN1CCCC1)[C@H](O)c1ccc(OC2CC2)c(Cl)c1)C(F)(F)c1cccc(Oc2ccc(F)cc2)c1. The van der Waals surface area contributed by atoms with Crippen LogP contribution in [-0.4, -0.2) is 47.7 Å². The summed E-state index contributed by atoms with van der Waals surface area (Å²) < 4.78 is 55.4. The summed E-state index contributed by atoms with van der Waals surface area (Å²) in [5.41, 5.74) is -0.195. The number of nitrogens with one attached hydrogen (secondary N) is 1. The van der Waals surface area contributed by atoms with Crippen LogP contribution < -0.4 is 14.8 Å². The van der Waals surface area contributed by atoms with Crippen molar-refractivity contribution in [3.05, 3.63) is 88.7 Å². The average Bonchev–Trinajstić information content (AvgIpc) is 3.61. The van der Waals surface area contributed by atoms with E-state index in [-0.39, 0.29) is 24.1 Å². The molecule has 1 aliphatic carbocycles. The Balaban J connectivity index is 1.33. The van der Waals surface area contributed by atoms with Gasteiger partial charge in [0.1, 0.15) is 29.2 Å². The van der Waals surface area contributed by atoms with E-state index < -0.39 is 35.4 Å². The molecule has 0 bridgehead atoms. The summed E-state index contributed by atoms with van der Waals surface area (Å²) in [5, 5.41) is 13.9. The first kappa shape index (κ1) is 28.3. The molecular weight excluding hydrogens is 545 g/mol. The van der Waals surface area contributed by atoms with Crippen LogP contribution in [-0.2, 0) is 10.7 Å². The lowest BCUT2D eigenvalue weighted by atomic mass is 10.00. The van der Waals surface area contributed by atoms with E-state index in [1.54, 1.807) is 18.2 Å². The van der Waals surface area contributed by atoms with Crippen LogP contribution in [0.3, 0.4) is 0 Å². The molecule has 1 saturated heterocycles. The molecule has 0 aromatic heterocycles. The number of hydrogen-bond acceptors (Lipinski definition) is 5. The number of alkyl halides is 2. The Hall–Kier alpha value is -3.27. The maximum atomic E-state index is 15.5. The fourth-order valence-corrected chi connectivity index (χ4v) is 4.88. The summed E-state index contributed by atoms with van der Waals surface area (Å²) in [6, 6.07) is 13.9. The number of carbonyl (C=O) groups is 1. The molecule has 1 saturated carbocycles. The number of nitrogens with zero attached hydrogens (tertiary/aromatic N) is 1. The number of ether oxygens (including phenoxy) is 2. The van der Waals surface area contributed by atoms with Gasteiger partial charge in [-0.05, 0) is 92.9 Å². The van der Waals surface area contributed by atoms with Gasteiger partial charge in [-0.3, -0.25) is 4.79 Å². The molecule has 3 aromatic rings. The minimum atomic E-state index is -3.93. The van der Waals surface area contributed by atoms with Gasteiger partial charge in [-0.2, -0.15) is 8.78 Å². The molecule has 1 aliphatic heterocycles. The zero-order valence-electron chi connectivity index (χ0n) is 21.7. The molecule has 2 fully saturated rings. The number of amides is 1. The third-order valence-corrected chi connectivity index (χ3v) is 7.29. The number of likely N-dealkylation sites (tertiary alicyclic amines) is 1. The molecule has 5 rings (SSSR count). The van der Waals surface area contributed by atoms with Gasteiger partial charge < -0.3 is 24.8 Å². The van der Waals surface area contributed by atoms with Gasteiger partial charge in [-0.1, -0.05) is 29.8 Å². The van der Waals surface area contributed by atoms with Crippen LogP contribution in [0.25, 0.3) is 0 Å². The predicted molar refractivity (Wildman–Crippen MR) is 144 cm³/mol. The largest absolute Gasteiger partial charge is 0.489 e. The van der Waals surface area contributed by atoms with Gasteiger partial charge in [0, 0.05) is 12.1 Å². The minimum absolute atomic E-state index is 0.0633. The lowest BCUT2D eigenvalue weighted by Crippen LogP contribution is -2.50. The summed E-state index contributed by atoms with van der Waals surface area (Å²) in [6.45, 7) is 1.68. The number of aliphatic hydroxyl groups excluding tert-OH is 1. The smallest absolute Gasteiger partial charge is 0.349 e. The normalized spacial score (nSPS) is 17.3. The number of aliphatic hydroxyl groups is 1. The van der Waals surface area contributed by atoms with E-state index in [0.29, 0.717) is 16.3 Å². The van der Waals surface area contributed by atoms with Crippen LogP contribution in [0.1, 0.15) is 42.9 Å². The Morgan fingerprint density at radius 1 is 1.05 bits per heavy atom. The Labute approximate surface area is 235 Å². The van der Waals surface area contributed by atoms with E-state index in [2.05, 4.69) is 5.32 Å². The van der Waals surface area contributed by atoms with Crippen molar-refractivity contribution in [2.75, 3.05) is 19.6 Å². The van der Waals surface area contributed by atoms with Crippen LogP contribution in [0, 0.1) is 5.82 Å². The molecule has 0 spiro atoms. The molecule has 10 heteroatoms. The molecule has 40 heavy (non-hydrogen) atoms. The first-order chi connectivity index (χ1) is 19.2. The van der Waals surface area contributed by atoms with Gasteiger partial charge in [-0.25, -0.2) is 4.39 Å². The van der Waals surface area contributed by atoms with Gasteiger partial charge in [0.05, 0.1) is 17.2 Å². The van der Waals surface area contributed by atoms with E-state index in [1.807, 2.05) is 4.90 Å². The number of benzene rings is 3. The van der Waals surface area contributed by atoms with Gasteiger partial charge >= 0.3 is 5.92 Å². The van der Waals surface area contributed by atoms with Gasteiger partial charge in [0.15, 0.2) is 0 Å². The number of hydrogen-bond donors (Lipinski definition) is 2. The Morgan fingerprint density at radius 2 is 1.77 bits per heavy atom. The first-order valence-corrected chi connectivity index (χ1v) is 13.7. The van der Waals surface area contributed by atoms with Crippen molar-refractivity contribution in [3.8, 4) is 17.2 Å². The molecule has 0 radical (unpaired) electrons. The zero-order chi connectivity index (χ0) is 28.3. The van der Waals surface area contributed by atoms with Crippen LogP contribution in [0.2, 0.25) is 5.02 Å². The Kier molecular flexibility index (Phi) is 8.54. The van der Waals surface area contributed by atoms with Crippen molar-refractivity contribution in [3.63, 3.8) is 0 Å². The minimum Gasteiger partial charge on any atom is -0.489 e. The fourth-order valence-electron chi connectivity index (χ4n) is 4.65. The maximum absolute atomic E-state index is 15.5. The molecule has 212 valence electrons. The lowest BCUT2D eigenvalue weighted by molar-refractivity contribution is -0.149. The second-order valence-electron chi connectivity index (χ2n) is 10.2. The van der Waals surface area contributed by atoms with Crippen molar-refractivity contribution in [1.29, 1.82) is 0 Å². The fraction of sp³-hybridized carbons (Fsp3) is 0.367. The van der Waals surface area contributed by atoms with E-state index in [0.717, 1.165) is 50.9 Å². The van der Waals surface area contributed by atoms with Crippen molar-refractivity contribution >= 4 is 17.5 Å². The van der Waals surface area contributed by atoms with E-state index in [9.17, 15) is 14.3 Å². The molecule has 2 atom stereocenters. The maximum Gasteiger partial charge on any atom is 0.349 e. The predicted octanol–water partition coefficient (Wildman–Crippen LogP) is 6.22. The first-order valence-electron chi connectivity index (χ1n) is 13.3. The third kappa shape index (κ3) is 6.89. The summed E-state index contributed by atoms with van der Waals surface area (Å²) in [5.74, 6) is -5.12. The van der Waals surface area contributed by atoms with Gasteiger partial charge in [0.25, 0.3) is 5.91 Å². The topological polar surface area (TPSA) is 71.0 Å². The van der Waals surface area contributed by atoms with Crippen LogP contribution in [0.15, 0.2) is 66.7 Å². The quantitative estimate of drug-likeness (QED) is 0.285. The van der Waals surface area contributed by atoms with Crippen molar-refractivity contribution in [2.24, 2.45) is 0 Å². The van der Waals surface area contributed by atoms with Crippen LogP contribution >= 0.6 is 11.6 Å². The average molecular weight is 575 g/mol. The molecule has 2 aliphatic rings. The number of carbonyl (C=O) groups excluding carboxylic acids is 1. The van der Waals surface area contributed by atoms with E-state index in [4.69, 9.17) is 21.1 Å². The monoisotopic (exact) mass is 574 g/mol. The zero-order valence-corrected chi connectivity index (χ0v) is 22.4. The van der Waals surface area contributed by atoms with E-state index in [1.165, 1.54) is 36.4 Å². The highest BCUT2D eigenvalue weighted by atomic mass is 35.5. The molecule has 0 unspecified atom stereocenters. The standard InChI is InChI=1S/C30H30ClF3N2O4/c31-25-16-19(6-13-27(25)40-23-11-12-23)28(37)26(18-36-14-1-2-15-36)35-29(38)30(33,34)20-4-3-5-24(17-20)39-22-9-7-21(32)8-10-22/h3-10,13,16-17,23,26,28,37H,1-2,11-12,14-15,18H2,(H,35,38)/t26-,28-/m1/s1. The Morgan fingerprint density at radius 3 is 2.45 bits per heavy atom. The van der Waals surface area contributed by atoms with Crippen LogP contribution in [0.5, 0.6) is 17.2 Å². The third-order valence-electron chi connectivity index (χ3n) is 7.00. The second-order valence-corrected chi connectivity index (χ2v) is 10.6. The van der Waals surface area contributed by atoms with E-state index >= 15 is 8.78 Å². The molecule has 1 heterocycles. The summed E-state index contributed by atoms with van der Waals surface area (Å²) in [6.07, 6.45) is 2.66. The molecule has 3 aromatic carbocycles. The summed E-state index contributed by atoms with van der Waals surface area (Å²) in [4.78, 5) is 15.0. The number of halogens is 4. The highest BCUT2D eigenvalue weighted by Crippen LogP contribution is 2.36. The van der Waals surface area contributed by atoms with Gasteiger partial charge in [-0.15, -0.1) is 0 Å². The Bertz CT molecular complexity index is 1330. The van der Waals surface area contributed by atoms with Crippen molar-refractivity contribution < 1.29 is 32.5 Å². The number of rotatable bonds is 11. The molecule has 6 nitrogen and oxygen atoms in total.